The van der Waals surface area contributed by atoms with Crippen LogP contribution in [0, 0.1) is 17.7 Å². The molecule has 0 aromatic heterocycles. The number of thiocarbonyl (C=S) groups is 1. The number of amides is 1. The Balaban J connectivity index is 2.02. The second-order valence-electron chi connectivity index (χ2n) is 5.50. The molecule has 0 atom stereocenters. The molecule has 1 amide bonds. The van der Waals surface area contributed by atoms with Crippen LogP contribution >= 0.6 is 12.2 Å². The largest absolute Gasteiger partial charge is 0.389 e. The second-order valence-corrected chi connectivity index (χ2v) is 5.94. The van der Waals surface area contributed by atoms with Crippen molar-refractivity contribution in [2.45, 2.75) is 32.6 Å². The molecule has 2 rings (SSSR count). The normalized spacial score (nSPS) is 22.3. The zero-order valence-corrected chi connectivity index (χ0v) is 12.3. The first kappa shape index (κ1) is 14.9. The van der Waals surface area contributed by atoms with Crippen molar-refractivity contribution < 1.29 is 9.18 Å². The number of hydrogen-bond acceptors (Lipinski definition) is 2. The fraction of sp³-hybridized carbons (Fsp3) is 0.467. The van der Waals surface area contributed by atoms with E-state index >= 15 is 0 Å². The summed E-state index contributed by atoms with van der Waals surface area (Å²) in [6, 6.07) is 4.37. The Morgan fingerprint density at radius 2 is 2.00 bits per heavy atom. The van der Waals surface area contributed by atoms with Gasteiger partial charge >= 0.3 is 0 Å². The summed E-state index contributed by atoms with van der Waals surface area (Å²) in [6.45, 7) is 2.20. The highest BCUT2D eigenvalue weighted by atomic mass is 32.1. The lowest BCUT2D eigenvalue weighted by atomic mass is 9.82. The van der Waals surface area contributed by atoms with Crippen LogP contribution in [0.4, 0.5) is 10.1 Å². The Kier molecular flexibility index (Phi) is 4.70. The number of rotatable bonds is 3. The Labute approximate surface area is 123 Å². The molecule has 108 valence electrons. The predicted molar refractivity (Wildman–Crippen MR) is 82.0 cm³/mol. The fourth-order valence-electron chi connectivity index (χ4n) is 2.53. The molecule has 3 N–H and O–H groups in total. The lowest BCUT2D eigenvalue weighted by molar-refractivity contribution is -0.121. The highest BCUT2D eigenvalue weighted by molar-refractivity contribution is 7.80. The highest BCUT2D eigenvalue weighted by Gasteiger charge is 2.24. The summed E-state index contributed by atoms with van der Waals surface area (Å²) in [5, 5.41) is 2.66. The molecule has 20 heavy (non-hydrogen) atoms. The molecule has 0 unspecified atom stereocenters. The quantitative estimate of drug-likeness (QED) is 0.842. The van der Waals surface area contributed by atoms with Crippen LogP contribution in [0.15, 0.2) is 18.2 Å². The maximum Gasteiger partial charge on any atom is 0.227 e. The van der Waals surface area contributed by atoms with Crippen molar-refractivity contribution in [3.05, 3.63) is 29.6 Å². The van der Waals surface area contributed by atoms with E-state index in [1.165, 1.54) is 12.1 Å². The molecule has 1 saturated carbocycles. The van der Waals surface area contributed by atoms with E-state index in [0.717, 1.165) is 25.7 Å². The van der Waals surface area contributed by atoms with Crippen molar-refractivity contribution >= 4 is 28.8 Å². The summed E-state index contributed by atoms with van der Waals surface area (Å²) in [5.41, 5.74) is 6.09. The number of carbonyl (C=O) groups excluding carboxylic acids is 1. The molecule has 5 heteroatoms. The van der Waals surface area contributed by atoms with Gasteiger partial charge in [-0.05, 0) is 49.8 Å². The number of anilines is 1. The third-order valence-electron chi connectivity index (χ3n) is 3.90. The Morgan fingerprint density at radius 3 is 2.55 bits per heavy atom. The van der Waals surface area contributed by atoms with Crippen LogP contribution in [0.2, 0.25) is 0 Å². The van der Waals surface area contributed by atoms with Gasteiger partial charge in [0.2, 0.25) is 5.91 Å². The molecular formula is C15H19FN2OS. The molecule has 0 aliphatic heterocycles. The maximum absolute atomic E-state index is 13.9. The van der Waals surface area contributed by atoms with Gasteiger partial charge in [0.1, 0.15) is 10.8 Å². The summed E-state index contributed by atoms with van der Waals surface area (Å²) in [4.78, 5) is 12.3. The number of nitrogens with two attached hydrogens (primary N) is 1. The lowest BCUT2D eigenvalue weighted by Gasteiger charge is -2.25. The number of benzene rings is 1. The predicted octanol–water partition coefficient (Wildman–Crippen LogP) is 3.22. The van der Waals surface area contributed by atoms with Crippen molar-refractivity contribution in [3.8, 4) is 0 Å². The van der Waals surface area contributed by atoms with Gasteiger partial charge in [-0.25, -0.2) is 4.39 Å². The molecule has 1 aliphatic rings. The minimum atomic E-state index is -0.507. The van der Waals surface area contributed by atoms with Crippen molar-refractivity contribution in [2.75, 3.05) is 5.32 Å². The van der Waals surface area contributed by atoms with E-state index in [1.807, 2.05) is 0 Å². The van der Waals surface area contributed by atoms with Gasteiger partial charge in [-0.3, -0.25) is 4.79 Å². The lowest BCUT2D eigenvalue weighted by Crippen LogP contribution is -2.27. The molecule has 0 spiro atoms. The Bertz CT molecular complexity index is 525. The van der Waals surface area contributed by atoms with Gasteiger partial charge in [0.25, 0.3) is 0 Å². The fourth-order valence-corrected chi connectivity index (χ4v) is 2.65. The summed E-state index contributed by atoms with van der Waals surface area (Å²) in [5.74, 6) is 0.0631. The first-order valence-corrected chi connectivity index (χ1v) is 7.28. The average Bonchev–Trinajstić information content (AvgIpc) is 2.41. The van der Waals surface area contributed by atoms with Crippen LogP contribution in [0.3, 0.4) is 0 Å². The first-order chi connectivity index (χ1) is 9.47. The molecular weight excluding hydrogens is 275 g/mol. The Hall–Kier alpha value is -1.49. The molecule has 3 nitrogen and oxygen atoms in total. The number of nitrogens with one attached hydrogen (secondary N) is 1. The molecule has 0 heterocycles. The zero-order chi connectivity index (χ0) is 14.7. The standard InChI is InChI=1S/C15H19FN2OS/c1-9-2-4-10(5-3-9)15(19)18-13-7-6-11(14(17)20)8-12(13)16/h6-10H,2-5H2,1H3,(H2,17,20)(H,18,19). The van der Waals surface area contributed by atoms with E-state index in [4.69, 9.17) is 18.0 Å². The molecule has 0 saturated heterocycles. The van der Waals surface area contributed by atoms with Crippen molar-refractivity contribution in [2.24, 2.45) is 17.6 Å². The topological polar surface area (TPSA) is 55.1 Å². The molecule has 0 radical (unpaired) electrons. The van der Waals surface area contributed by atoms with Gasteiger partial charge in [0, 0.05) is 11.5 Å². The Morgan fingerprint density at radius 1 is 1.35 bits per heavy atom. The number of halogens is 1. The minimum Gasteiger partial charge on any atom is -0.389 e. The van der Waals surface area contributed by atoms with Crippen LogP contribution in [0.1, 0.15) is 38.2 Å². The smallest absolute Gasteiger partial charge is 0.227 e. The first-order valence-electron chi connectivity index (χ1n) is 6.87. The van der Waals surface area contributed by atoms with Crippen molar-refractivity contribution in [1.82, 2.24) is 0 Å². The zero-order valence-electron chi connectivity index (χ0n) is 11.5. The van der Waals surface area contributed by atoms with E-state index in [0.29, 0.717) is 11.5 Å². The molecule has 1 aromatic rings. The summed E-state index contributed by atoms with van der Waals surface area (Å²) in [6.07, 6.45) is 3.86. The van der Waals surface area contributed by atoms with E-state index in [-0.39, 0.29) is 22.5 Å². The van der Waals surface area contributed by atoms with Gasteiger partial charge in [-0.1, -0.05) is 19.1 Å². The van der Waals surface area contributed by atoms with Crippen LogP contribution in [0.5, 0.6) is 0 Å². The average molecular weight is 294 g/mol. The van der Waals surface area contributed by atoms with Gasteiger partial charge in [0.05, 0.1) is 5.69 Å². The van der Waals surface area contributed by atoms with Crippen LogP contribution in [-0.4, -0.2) is 10.9 Å². The molecule has 1 fully saturated rings. The van der Waals surface area contributed by atoms with Gasteiger partial charge in [-0.2, -0.15) is 0 Å². The van der Waals surface area contributed by atoms with E-state index in [9.17, 15) is 9.18 Å². The van der Waals surface area contributed by atoms with Crippen LogP contribution < -0.4 is 11.1 Å². The van der Waals surface area contributed by atoms with E-state index in [1.54, 1.807) is 6.07 Å². The number of hydrogen-bond donors (Lipinski definition) is 2. The third kappa shape index (κ3) is 3.54. The van der Waals surface area contributed by atoms with E-state index in [2.05, 4.69) is 12.2 Å². The monoisotopic (exact) mass is 294 g/mol. The van der Waals surface area contributed by atoms with E-state index < -0.39 is 5.82 Å². The van der Waals surface area contributed by atoms with Gasteiger partial charge in [-0.15, -0.1) is 0 Å². The SMILES string of the molecule is CC1CCC(C(=O)Nc2ccc(C(N)=S)cc2F)CC1. The molecule has 0 bridgehead atoms. The van der Waals surface area contributed by atoms with Crippen molar-refractivity contribution in [1.29, 1.82) is 0 Å². The minimum absolute atomic E-state index is 0.0131. The van der Waals surface area contributed by atoms with Crippen molar-refractivity contribution in [3.63, 3.8) is 0 Å². The summed E-state index contributed by atoms with van der Waals surface area (Å²) < 4.78 is 13.9. The molecule has 1 aromatic carbocycles. The third-order valence-corrected chi connectivity index (χ3v) is 4.13. The van der Waals surface area contributed by atoms with Gasteiger partial charge in [0.15, 0.2) is 0 Å². The second kappa shape index (κ2) is 6.31. The summed E-state index contributed by atoms with van der Waals surface area (Å²) in [7, 11) is 0. The van der Waals surface area contributed by atoms with Crippen LogP contribution in [-0.2, 0) is 4.79 Å². The maximum atomic E-state index is 13.9. The summed E-state index contributed by atoms with van der Waals surface area (Å²) >= 11 is 4.79. The highest BCUT2D eigenvalue weighted by Crippen LogP contribution is 2.29. The van der Waals surface area contributed by atoms with Crippen LogP contribution in [0.25, 0.3) is 0 Å². The molecule has 1 aliphatic carbocycles. The van der Waals surface area contributed by atoms with Gasteiger partial charge < -0.3 is 11.1 Å². The number of carbonyl (C=O) groups is 1.